The second-order valence-corrected chi connectivity index (χ2v) is 8.29. The van der Waals surface area contributed by atoms with Crippen LogP contribution in [0.5, 0.6) is 5.75 Å². The number of nitrogens with zero attached hydrogens (tertiary/aromatic N) is 2. The molecule has 0 radical (unpaired) electrons. The molecular weight excluding hydrogens is 419 g/mol. The van der Waals surface area contributed by atoms with Crippen LogP contribution in [0.2, 0.25) is 0 Å². The van der Waals surface area contributed by atoms with Crippen molar-refractivity contribution in [3.63, 3.8) is 0 Å². The number of hydrogen-bond acceptors (Lipinski definition) is 3. The molecule has 0 aliphatic carbocycles. The van der Waals surface area contributed by atoms with Crippen LogP contribution in [0.15, 0.2) is 78.9 Å². The molecule has 5 nitrogen and oxygen atoms in total. The van der Waals surface area contributed by atoms with Crippen LogP contribution >= 0.6 is 0 Å². The minimum Gasteiger partial charge on any atom is -0.493 e. The van der Waals surface area contributed by atoms with Gasteiger partial charge in [-0.25, -0.2) is 9.18 Å². The number of halogens is 1. The number of carboxylic acid groups (broad SMARTS) is 1. The number of carbonyl (C=O) groups is 1. The molecule has 1 heterocycles. The second-order valence-electron chi connectivity index (χ2n) is 8.29. The Kier molecular flexibility index (Phi) is 6.54. The number of carboxylic acids is 1. The highest BCUT2D eigenvalue weighted by Gasteiger charge is 2.18. The van der Waals surface area contributed by atoms with Gasteiger partial charge in [-0.05, 0) is 60.0 Å². The van der Waals surface area contributed by atoms with Gasteiger partial charge in [0.2, 0.25) is 0 Å². The summed E-state index contributed by atoms with van der Waals surface area (Å²) in [5.41, 5.74) is 4.02. The molecule has 4 rings (SSSR count). The second kappa shape index (κ2) is 9.69. The van der Waals surface area contributed by atoms with Crippen molar-refractivity contribution in [1.82, 2.24) is 9.78 Å². The number of rotatable bonds is 8. The number of aromatic nitrogens is 2. The van der Waals surface area contributed by atoms with E-state index in [1.54, 1.807) is 24.3 Å². The first-order valence-electron chi connectivity index (χ1n) is 10.8. The highest BCUT2D eigenvalue weighted by atomic mass is 19.1. The van der Waals surface area contributed by atoms with Crippen molar-refractivity contribution in [2.24, 2.45) is 5.92 Å². The van der Waals surface area contributed by atoms with E-state index in [4.69, 9.17) is 9.84 Å². The van der Waals surface area contributed by atoms with E-state index in [2.05, 4.69) is 0 Å². The summed E-state index contributed by atoms with van der Waals surface area (Å²) in [5, 5.41) is 14.3. The molecule has 0 atom stereocenters. The molecule has 3 aromatic carbocycles. The zero-order chi connectivity index (χ0) is 23.4. The molecule has 0 spiro atoms. The third-order valence-electron chi connectivity index (χ3n) is 5.17. The number of benzene rings is 3. The van der Waals surface area contributed by atoms with E-state index >= 15 is 0 Å². The molecule has 1 N–H and O–H groups in total. The van der Waals surface area contributed by atoms with Gasteiger partial charge in [-0.1, -0.05) is 44.2 Å². The summed E-state index contributed by atoms with van der Waals surface area (Å²) >= 11 is 0. The van der Waals surface area contributed by atoms with Gasteiger partial charge in [-0.15, -0.1) is 0 Å². The molecule has 1 aromatic heterocycles. The Hall–Kier alpha value is -3.93. The fourth-order valence-electron chi connectivity index (χ4n) is 3.52. The first kappa shape index (κ1) is 22.3. The molecule has 0 bridgehead atoms. The molecule has 0 fully saturated rings. The van der Waals surface area contributed by atoms with Crippen molar-refractivity contribution in [1.29, 1.82) is 0 Å². The molecule has 6 heteroatoms. The highest BCUT2D eigenvalue weighted by Crippen LogP contribution is 2.34. The maximum Gasteiger partial charge on any atom is 0.335 e. The lowest BCUT2D eigenvalue weighted by Crippen LogP contribution is -2.07. The first-order chi connectivity index (χ1) is 15.9. The maximum atomic E-state index is 13.5. The van der Waals surface area contributed by atoms with Gasteiger partial charge in [0, 0.05) is 11.1 Å². The predicted molar refractivity (Wildman–Crippen MR) is 126 cm³/mol. The summed E-state index contributed by atoms with van der Waals surface area (Å²) in [6.45, 7) is 5.10. The maximum absolute atomic E-state index is 13.5. The van der Waals surface area contributed by atoms with Gasteiger partial charge in [0.25, 0.3) is 0 Å². The van der Waals surface area contributed by atoms with E-state index in [-0.39, 0.29) is 11.4 Å². The van der Waals surface area contributed by atoms with E-state index in [1.165, 1.54) is 18.2 Å². The molecule has 4 aromatic rings. The average molecular weight is 445 g/mol. The van der Waals surface area contributed by atoms with Crippen LogP contribution in [-0.4, -0.2) is 27.5 Å². The van der Waals surface area contributed by atoms with Crippen molar-refractivity contribution in [3.8, 4) is 28.3 Å². The molecule has 33 heavy (non-hydrogen) atoms. The molecule has 0 saturated carbocycles. The van der Waals surface area contributed by atoms with Gasteiger partial charge >= 0.3 is 5.97 Å². The van der Waals surface area contributed by atoms with E-state index in [0.29, 0.717) is 36.1 Å². The van der Waals surface area contributed by atoms with Gasteiger partial charge in [0.05, 0.1) is 30.1 Å². The van der Waals surface area contributed by atoms with E-state index in [0.717, 1.165) is 16.8 Å². The first-order valence-corrected chi connectivity index (χ1v) is 10.8. The Bertz CT molecular complexity index is 1250. The Morgan fingerprint density at radius 2 is 1.76 bits per heavy atom. The van der Waals surface area contributed by atoms with Crippen molar-refractivity contribution in [2.45, 2.75) is 20.4 Å². The fourth-order valence-corrected chi connectivity index (χ4v) is 3.52. The fraction of sp³-hybridized carbons (Fsp3) is 0.185. The van der Waals surface area contributed by atoms with Crippen LogP contribution < -0.4 is 4.74 Å². The summed E-state index contributed by atoms with van der Waals surface area (Å²) in [4.78, 5) is 11.6. The van der Waals surface area contributed by atoms with Crippen LogP contribution in [0.25, 0.3) is 22.5 Å². The predicted octanol–water partition coefficient (Wildman–Crippen LogP) is 6.14. The number of ether oxygens (including phenoxy) is 1. The topological polar surface area (TPSA) is 64.3 Å². The monoisotopic (exact) mass is 444 g/mol. The minimum atomic E-state index is -1.02. The van der Waals surface area contributed by atoms with Gasteiger partial charge in [0.1, 0.15) is 11.6 Å². The van der Waals surface area contributed by atoms with Crippen LogP contribution in [0.1, 0.15) is 29.8 Å². The standard InChI is InChI=1S/C27H25FN2O3/c1-18(2)17-33-26-13-10-21(27(31)32)14-23(26)24-15-25(20-8-11-22(28)12-9-20)30(29-24)16-19-6-4-3-5-7-19/h3-15,18H,16-17H2,1-2H3,(H,31,32). The van der Waals surface area contributed by atoms with Crippen molar-refractivity contribution < 1.29 is 19.0 Å². The van der Waals surface area contributed by atoms with Gasteiger partial charge in [0.15, 0.2) is 0 Å². The van der Waals surface area contributed by atoms with Crippen molar-refractivity contribution in [2.75, 3.05) is 6.61 Å². The number of aromatic carboxylic acids is 1. The normalized spacial score (nSPS) is 11.0. The lowest BCUT2D eigenvalue weighted by atomic mass is 10.0. The van der Waals surface area contributed by atoms with Crippen molar-refractivity contribution in [3.05, 3.63) is 95.8 Å². The third-order valence-corrected chi connectivity index (χ3v) is 5.17. The van der Waals surface area contributed by atoms with Gasteiger partial charge in [-0.2, -0.15) is 5.10 Å². The van der Waals surface area contributed by atoms with Crippen LogP contribution in [0.3, 0.4) is 0 Å². The zero-order valence-electron chi connectivity index (χ0n) is 18.5. The molecule has 0 aliphatic heterocycles. The lowest BCUT2D eigenvalue weighted by Gasteiger charge is -2.13. The Morgan fingerprint density at radius 3 is 2.42 bits per heavy atom. The molecule has 0 unspecified atom stereocenters. The molecule has 168 valence electrons. The Labute approximate surface area is 192 Å². The Morgan fingerprint density at radius 1 is 1.03 bits per heavy atom. The Balaban J connectivity index is 1.83. The van der Waals surface area contributed by atoms with Crippen LogP contribution in [-0.2, 0) is 6.54 Å². The van der Waals surface area contributed by atoms with Crippen LogP contribution in [0, 0.1) is 11.7 Å². The van der Waals surface area contributed by atoms with Gasteiger partial charge < -0.3 is 9.84 Å². The minimum absolute atomic E-state index is 0.155. The van der Waals surface area contributed by atoms with Crippen LogP contribution in [0.4, 0.5) is 4.39 Å². The summed E-state index contributed by atoms with van der Waals surface area (Å²) in [6.07, 6.45) is 0. The molecule has 0 saturated heterocycles. The summed E-state index contributed by atoms with van der Waals surface area (Å²) in [6, 6.07) is 22.8. The lowest BCUT2D eigenvalue weighted by molar-refractivity contribution is 0.0697. The molecule has 0 aliphatic rings. The summed E-state index contributed by atoms with van der Waals surface area (Å²) in [5.74, 6) is -0.452. The number of hydrogen-bond donors (Lipinski definition) is 1. The third kappa shape index (κ3) is 5.29. The zero-order valence-corrected chi connectivity index (χ0v) is 18.5. The molecule has 0 amide bonds. The summed E-state index contributed by atoms with van der Waals surface area (Å²) < 4.78 is 21.4. The largest absolute Gasteiger partial charge is 0.493 e. The van der Waals surface area contributed by atoms with Crippen molar-refractivity contribution >= 4 is 5.97 Å². The quantitative estimate of drug-likeness (QED) is 0.355. The van der Waals surface area contributed by atoms with E-state index in [9.17, 15) is 14.3 Å². The van der Waals surface area contributed by atoms with Gasteiger partial charge in [-0.3, -0.25) is 4.68 Å². The SMILES string of the molecule is CC(C)COc1ccc(C(=O)O)cc1-c1cc(-c2ccc(F)cc2)n(Cc2ccccc2)n1. The summed E-state index contributed by atoms with van der Waals surface area (Å²) in [7, 11) is 0. The molecular formula is C27H25FN2O3. The average Bonchev–Trinajstić information content (AvgIpc) is 3.22. The van der Waals surface area contributed by atoms with E-state index < -0.39 is 5.97 Å². The van der Waals surface area contributed by atoms with E-state index in [1.807, 2.05) is 54.9 Å². The smallest absolute Gasteiger partial charge is 0.335 e. The highest BCUT2D eigenvalue weighted by molar-refractivity contribution is 5.90.